The van der Waals surface area contributed by atoms with Gasteiger partial charge in [0.15, 0.2) is 5.96 Å². The van der Waals surface area contributed by atoms with E-state index >= 15 is 0 Å². The van der Waals surface area contributed by atoms with Crippen molar-refractivity contribution < 1.29 is 4.79 Å². The molecule has 4 N–H and O–H groups in total. The Kier molecular flexibility index (Phi) is 3.44. The van der Waals surface area contributed by atoms with Crippen LogP contribution in [0.1, 0.15) is 23.0 Å². The summed E-state index contributed by atoms with van der Waals surface area (Å²) in [7, 11) is 0. The molecule has 0 radical (unpaired) electrons. The summed E-state index contributed by atoms with van der Waals surface area (Å²) in [6.07, 6.45) is 0. The molecular formula is C17H17N3O. The van der Waals surface area contributed by atoms with Crippen molar-refractivity contribution in [2.24, 2.45) is 22.4 Å². The number of carbonyl (C=O) groups is 1. The average Bonchev–Trinajstić information content (AvgIpc) is 3.24. The molecule has 0 aliphatic heterocycles. The molecule has 4 nitrogen and oxygen atoms in total. The van der Waals surface area contributed by atoms with E-state index in [2.05, 4.69) is 4.99 Å². The number of nitrogens with two attached hydrogens (primary N) is 2. The van der Waals surface area contributed by atoms with Crippen LogP contribution < -0.4 is 11.5 Å². The molecule has 2 aromatic carbocycles. The zero-order chi connectivity index (χ0) is 14.8. The molecule has 0 aromatic heterocycles. The maximum atomic E-state index is 12.2. The fraction of sp³-hybridized carbons (Fsp3) is 0.176. The number of carbonyl (C=O) groups excluding carboxylic acids is 1. The summed E-state index contributed by atoms with van der Waals surface area (Å²) in [5.74, 6) is -0.312. The third kappa shape index (κ3) is 2.65. The minimum Gasteiger partial charge on any atom is -0.370 e. The van der Waals surface area contributed by atoms with Gasteiger partial charge in [0.2, 0.25) is 0 Å². The molecule has 3 rings (SSSR count). The van der Waals surface area contributed by atoms with E-state index in [1.165, 1.54) is 0 Å². The fourth-order valence-electron chi connectivity index (χ4n) is 3.00. The van der Waals surface area contributed by atoms with Crippen LogP contribution in [0.4, 0.5) is 0 Å². The lowest BCUT2D eigenvalue weighted by Crippen LogP contribution is -2.24. The first-order valence-corrected chi connectivity index (χ1v) is 6.92. The van der Waals surface area contributed by atoms with E-state index in [0.29, 0.717) is 0 Å². The van der Waals surface area contributed by atoms with Crippen LogP contribution in [-0.2, 0) is 4.79 Å². The van der Waals surface area contributed by atoms with Crippen LogP contribution in [-0.4, -0.2) is 11.9 Å². The van der Waals surface area contributed by atoms with Crippen molar-refractivity contribution in [1.29, 1.82) is 0 Å². The number of nitrogens with zero attached hydrogens (tertiary/aromatic N) is 1. The van der Waals surface area contributed by atoms with Gasteiger partial charge in [-0.2, -0.15) is 4.99 Å². The predicted molar refractivity (Wildman–Crippen MR) is 82.7 cm³/mol. The van der Waals surface area contributed by atoms with E-state index in [1.807, 2.05) is 60.7 Å². The maximum absolute atomic E-state index is 12.2. The highest BCUT2D eigenvalue weighted by atomic mass is 16.1. The minimum atomic E-state index is -0.238. The van der Waals surface area contributed by atoms with Crippen LogP contribution in [0.15, 0.2) is 65.7 Å². The SMILES string of the molecule is NC(N)=NC(=O)C1[C@@H](c2ccccc2)[C@H]1c1ccccc1. The average molecular weight is 279 g/mol. The lowest BCUT2D eigenvalue weighted by Gasteiger charge is -1.99. The molecule has 1 aliphatic rings. The highest BCUT2D eigenvalue weighted by molar-refractivity contribution is 5.95. The molecule has 2 aromatic rings. The van der Waals surface area contributed by atoms with Crippen LogP contribution in [0, 0.1) is 5.92 Å². The third-order valence-electron chi connectivity index (χ3n) is 3.91. The summed E-state index contributed by atoms with van der Waals surface area (Å²) in [4.78, 5) is 16.0. The number of rotatable bonds is 3. The first-order valence-electron chi connectivity index (χ1n) is 6.92. The number of amides is 1. The van der Waals surface area contributed by atoms with E-state index in [0.717, 1.165) is 11.1 Å². The van der Waals surface area contributed by atoms with Crippen molar-refractivity contribution in [1.82, 2.24) is 0 Å². The van der Waals surface area contributed by atoms with Gasteiger partial charge in [-0.15, -0.1) is 0 Å². The Hall–Kier alpha value is -2.62. The highest BCUT2D eigenvalue weighted by Gasteiger charge is 2.56. The van der Waals surface area contributed by atoms with Gasteiger partial charge in [-0.1, -0.05) is 60.7 Å². The highest BCUT2D eigenvalue weighted by Crippen LogP contribution is 2.60. The first kappa shape index (κ1) is 13.4. The lowest BCUT2D eigenvalue weighted by molar-refractivity contribution is -0.119. The Morgan fingerprint density at radius 3 is 1.62 bits per heavy atom. The molecule has 1 aliphatic carbocycles. The Balaban J connectivity index is 1.93. The molecule has 0 spiro atoms. The predicted octanol–water partition coefficient (Wildman–Crippen LogP) is 1.98. The van der Waals surface area contributed by atoms with Crippen molar-refractivity contribution in [3.05, 3.63) is 71.8 Å². The second kappa shape index (κ2) is 5.40. The molecule has 3 atom stereocenters. The quantitative estimate of drug-likeness (QED) is 0.666. The first-order chi connectivity index (χ1) is 10.2. The summed E-state index contributed by atoms with van der Waals surface area (Å²) in [5, 5.41) is 0. The molecule has 1 saturated carbocycles. The van der Waals surface area contributed by atoms with E-state index in [4.69, 9.17) is 11.5 Å². The normalized spacial score (nSPS) is 23.3. The van der Waals surface area contributed by atoms with Crippen molar-refractivity contribution >= 4 is 11.9 Å². The number of guanidine groups is 1. The molecule has 1 unspecified atom stereocenters. The zero-order valence-electron chi connectivity index (χ0n) is 11.5. The van der Waals surface area contributed by atoms with Gasteiger partial charge in [-0.3, -0.25) is 4.79 Å². The number of hydrogen-bond acceptors (Lipinski definition) is 1. The van der Waals surface area contributed by atoms with Crippen LogP contribution in [0.2, 0.25) is 0 Å². The van der Waals surface area contributed by atoms with Crippen LogP contribution in [0.3, 0.4) is 0 Å². The van der Waals surface area contributed by atoms with Crippen molar-refractivity contribution in [3.63, 3.8) is 0 Å². The lowest BCUT2D eigenvalue weighted by atomic mass is 10.0. The summed E-state index contributed by atoms with van der Waals surface area (Å²) >= 11 is 0. The summed E-state index contributed by atoms with van der Waals surface area (Å²) in [5.41, 5.74) is 13.0. The van der Waals surface area contributed by atoms with Gasteiger partial charge < -0.3 is 11.5 Å². The summed E-state index contributed by atoms with van der Waals surface area (Å²) in [6.45, 7) is 0. The second-order valence-corrected chi connectivity index (χ2v) is 5.27. The van der Waals surface area contributed by atoms with E-state index in [9.17, 15) is 4.79 Å². The smallest absolute Gasteiger partial charge is 0.253 e. The van der Waals surface area contributed by atoms with E-state index in [1.54, 1.807) is 0 Å². The number of benzene rings is 2. The summed E-state index contributed by atoms with van der Waals surface area (Å²) < 4.78 is 0. The molecular weight excluding hydrogens is 262 g/mol. The minimum absolute atomic E-state index is 0.143. The van der Waals surface area contributed by atoms with Gasteiger partial charge in [0.1, 0.15) is 0 Å². The molecule has 21 heavy (non-hydrogen) atoms. The van der Waals surface area contributed by atoms with Gasteiger partial charge in [0.05, 0.1) is 5.92 Å². The van der Waals surface area contributed by atoms with Crippen LogP contribution >= 0.6 is 0 Å². The van der Waals surface area contributed by atoms with Gasteiger partial charge in [-0.05, 0) is 11.1 Å². The topological polar surface area (TPSA) is 81.5 Å². The molecule has 106 valence electrons. The van der Waals surface area contributed by atoms with Crippen LogP contribution in [0.5, 0.6) is 0 Å². The summed E-state index contributed by atoms with van der Waals surface area (Å²) in [6, 6.07) is 20.1. The van der Waals surface area contributed by atoms with Crippen molar-refractivity contribution in [2.75, 3.05) is 0 Å². The standard InChI is InChI=1S/C17H17N3O/c18-17(19)20-16(21)15-13(11-7-3-1-4-8-11)14(15)12-9-5-2-6-10-12/h1-10,13-15H,(H4,18,19,20,21)/t13-,14+,15?. The van der Waals surface area contributed by atoms with Gasteiger partial charge in [0, 0.05) is 11.8 Å². The Bertz CT molecular complexity index is 617. The van der Waals surface area contributed by atoms with Gasteiger partial charge in [-0.25, -0.2) is 0 Å². The second-order valence-electron chi connectivity index (χ2n) is 5.27. The monoisotopic (exact) mass is 279 g/mol. The van der Waals surface area contributed by atoms with E-state index in [-0.39, 0.29) is 29.6 Å². The molecule has 0 saturated heterocycles. The molecule has 0 heterocycles. The molecule has 1 fully saturated rings. The number of hydrogen-bond donors (Lipinski definition) is 2. The zero-order valence-corrected chi connectivity index (χ0v) is 11.5. The molecule has 0 bridgehead atoms. The fourth-order valence-corrected chi connectivity index (χ4v) is 3.00. The molecule has 1 amide bonds. The maximum Gasteiger partial charge on any atom is 0.253 e. The third-order valence-corrected chi connectivity index (χ3v) is 3.91. The van der Waals surface area contributed by atoms with Gasteiger partial charge in [0.25, 0.3) is 5.91 Å². The Morgan fingerprint density at radius 2 is 1.24 bits per heavy atom. The van der Waals surface area contributed by atoms with Gasteiger partial charge >= 0.3 is 0 Å². The Labute approximate surface area is 123 Å². The largest absolute Gasteiger partial charge is 0.370 e. The Morgan fingerprint density at radius 1 is 0.810 bits per heavy atom. The molecule has 4 heteroatoms. The van der Waals surface area contributed by atoms with E-state index < -0.39 is 0 Å². The van der Waals surface area contributed by atoms with Crippen molar-refractivity contribution in [3.8, 4) is 0 Å². The number of aliphatic imine (C=N–C) groups is 1. The van der Waals surface area contributed by atoms with Crippen molar-refractivity contribution in [2.45, 2.75) is 11.8 Å². The van der Waals surface area contributed by atoms with Crippen LogP contribution in [0.25, 0.3) is 0 Å².